The molecule has 1 aliphatic rings. The maximum absolute atomic E-state index is 12.4. The Morgan fingerprint density at radius 1 is 1.53 bits per heavy atom. The number of pyridine rings is 1. The molecule has 0 radical (unpaired) electrons. The van der Waals surface area contributed by atoms with Crippen molar-refractivity contribution in [1.82, 2.24) is 9.29 Å². The minimum atomic E-state index is -3.59. The maximum Gasteiger partial charge on any atom is 0.244 e. The number of sulfonamides is 1. The molecule has 1 unspecified atom stereocenters. The van der Waals surface area contributed by atoms with Crippen LogP contribution in [0, 0.1) is 0 Å². The molecule has 1 aromatic heterocycles. The second-order valence-electron chi connectivity index (χ2n) is 5.13. The van der Waals surface area contributed by atoms with Crippen LogP contribution < -0.4 is 5.73 Å². The van der Waals surface area contributed by atoms with E-state index < -0.39 is 15.6 Å². The van der Waals surface area contributed by atoms with E-state index in [1.807, 2.05) is 0 Å². The van der Waals surface area contributed by atoms with Crippen LogP contribution in [0.15, 0.2) is 23.2 Å². The van der Waals surface area contributed by atoms with Crippen molar-refractivity contribution in [3.8, 4) is 0 Å². The predicted octanol–water partition coefficient (Wildman–Crippen LogP) is 0.0758. The summed E-state index contributed by atoms with van der Waals surface area (Å²) < 4.78 is 26.2. The zero-order valence-electron chi connectivity index (χ0n) is 10.9. The van der Waals surface area contributed by atoms with Gasteiger partial charge < -0.3 is 10.8 Å². The number of nitrogens with two attached hydrogens (primary N) is 1. The van der Waals surface area contributed by atoms with E-state index in [9.17, 15) is 13.5 Å². The van der Waals surface area contributed by atoms with Gasteiger partial charge in [0.2, 0.25) is 10.0 Å². The third-order valence-corrected chi connectivity index (χ3v) is 5.11. The molecule has 1 aromatic rings. The summed E-state index contributed by atoms with van der Waals surface area (Å²) in [5.41, 5.74) is 5.11. The van der Waals surface area contributed by atoms with Crippen molar-refractivity contribution >= 4 is 10.0 Å². The first-order chi connectivity index (χ1) is 8.85. The lowest BCUT2D eigenvalue weighted by molar-refractivity contribution is 0.00939. The molecule has 1 atom stereocenters. The van der Waals surface area contributed by atoms with Crippen molar-refractivity contribution in [2.45, 2.75) is 36.8 Å². The van der Waals surface area contributed by atoms with Gasteiger partial charge in [0, 0.05) is 25.8 Å². The summed E-state index contributed by atoms with van der Waals surface area (Å²) in [6.07, 6.45) is 2.59. The van der Waals surface area contributed by atoms with Crippen LogP contribution in [-0.4, -0.2) is 41.5 Å². The number of rotatable bonds is 3. The first-order valence-electron chi connectivity index (χ1n) is 6.23. The van der Waals surface area contributed by atoms with E-state index >= 15 is 0 Å². The van der Waals surface area contributed by atoms with Crippen LogP contribution in [0.1, 0.15) is 25.5 Å². The summed E-state index contributed by atoms with van der Waals surface area (Å²) in [6.45, 7) is 2.48. The standard InChI is InChI=1S/C12H19N3O3S/c1-12(16)5-2-6-15(9-12)19(17,18)11-4-3-10(7-13)14-8-11/h3-4,8,16H,2,5-7,9,13H2,1H3. The molecule has 0 amide bonds. The number of piperidine rings is 1. The Balaban J connectivity index is 2.26. The fourth-order valence-electron chi connectivity index (χ4n) is 2.21. The molecule has 6 nitrogen and oxygen atoms in total. The molecule has 7 heteroatoms. The molecule has 0 spiro atoms. The Morgan fingerprint density at radius 3 is 2.79 bits per heavy atom. The highest BCUT2D eigenvalue weighted by molar-refractivity contribution is 7.89. The SMILES string of the molecule is CC1(O)CCCN(S(=O)(=O)c2ccc(CN)nc2)C1. The Kier molecular flexibility index (Phi) is 3.91. The summed E-state index contributed by atoms with van der Waals surface area (Å²) in [6, 6.07) is 3.11. The van der Waals surface area contributed by atoms with Gasteiger partial charge in [0.25, 0.3) is 0 Å². The van der Waals surface area contributed by atoms with E-state index in [1.54, 1.807) is 13.0 Å². The van der Waals surface area contributed by atoms with Gasteiger partial charge in [0.15, 0.2) is 0 Å². The molecule has 106 valence electrons. The molecular weight excluding hydrogens is 266 g/mol. The Labute approximate surface area is 113 Å². The zero-order chi connectivity index (χ0) is 14.1. The van der Waals surface area contributed by atoms with Gasteiger partial charge in [-0.1, -0.05) is 0 Å². The molecule has 2 rings (SSSR count). The van der Waals surface area contributed by atoms with Gasteiger partial charge in [-0.15, -0.1) is 0 Å². The van der Waals surface area contributed by atoms with Gasteiger partial charge in [-0.05, 0) is 31.9 Å². The van der Waals surface area contributed by atoms with Crippen molar-refractivity contribution in [2.75, 3.05) is 13.1 Å². The normalized spacial score (nSPS) is 25.4. The van der Waals surface area contributed by atoms with Crippen LogP contribution in [0.25, 0.3) is 0 Å². The number of aromatic nitrogens is 1. The van der Waals surface area contributed by atoms with Crippen LogP contribution in [0.5, 0.6) is 0 Å². The summed E-state index contributed by atoms with van der Waals surface area (Å²) in [5.74, 6) is 0. The Hall–Kier alpha value is -1.02. The summed E-state index contributed by atoms with van der Waals surface area (Å²) >= 11 is 0. The fraction of sp³-hybridized carbons (Fsp3) is 0.583. The molecule has 19 heavy (non-hydrogen) atoms. The van der Waals surface area contributed by atoms with Gasteiger partial charge >= 0.3 is 0 Å². The van der Waals surface area contributed by atoms with Crippen molar-refractivity contribution in [3.05, 3.63) is 24.0 Å². The van der Waals surface area contributed by atoms with Gasteiger partial charge in [-0.25, -0.2) is 8.42 Å². The second-order valence-corrected chi connectivity index (χ2v) is 7.07. The van der Waals surface area contributed by atoms with E-state index in [1.165, 1.54) is 16.6 Å². The van der Waals surface area contributed by atoms with Crippen LogP contribution >= 0.6 is 0 Å². The minimum absolute atomic E-state index is 0.119. The topological polar surface area (TPSA) is 96.5 Å². The van der Waals surface area contributed by atoms with Gasteiger partial charge in [0.05, 0.1) is 11.3 Å². The third kappa shape index (κ3) is 3.11. The zero-order valence-corrected chi connectivity index (χ0v) is 11.7. The van der Waals surface area contributed by atoms with Gasteiger partial charge in [0.1, 0.15) is 4.90 Å². The Bertz CT molecular complexity index is 540. The van der Waals surface area contributed by atoms with E-state index in [2.05, 4.69) is 4.98 Å². The molecule has 1 saturated heterocycles. The van der Waals surface area contributed by atoms with Crippen molar-refractivity contribution in [2.24, 2.45) is 5.73 Å². The number of β-amino-alcohol motifs (C(OH)–C–C–N with tert-alkyl or cyclic N) is 1. The Morgan fingerprint density at radius 2 is 2.26 bits per heavy atom. The van der Waals surface area contributed by atoms with Crippen LogP contribution in [0.4, 0.5) is 0 Å². The molecular formula is C12H19N3O3S. The monoisotopic (exact) mass is 285 g/mol. The lowest BCUT2D eigenvalue weighted by Crippen LogP contribution is -2.48. The largest absolute Gasteiger partial charge is 0.389 e. The van der Waals surface area contributed by atoms with E-state index in [4.69, 9.17) is 5.73 Å². The number of aliphatic hydroxyl groups is 1. The fourth-order valence-corrected chi connectivity index (χ4v) is 3.75. The van der Waals surface area contributed by atoms with E-state index in [-0.39, 0.29) is 18.0 Å². The molecule has 0 saturated carbocycles. The smallest absolute Gasteiger partial charge is 0.244 e. The van der Waals surface area contributed by atoms with Crippen LogP contribution in [0.3, 0.4) is 0 Å². The summed E-state index contributed by atoms with van der Waals surface area (Å²) in [7, 11) is -3.59. The molecule has 0 bridgehead atoms. The molecule has 3 N–H and O–H groups in total. The minimum Gasteiger partial charge on any atom is -0.389 e. The summed E-state index contributed by atoms with van der Waals surface area (Å²) in [5, 5.41) is 10.00. The number of hydrogen-bond donors (Lipinski definition) is 2. The number of nitrogens with zero attached hydrogens (tertiary/aromatic N) is 2. The molecule has 0 aliphatic carbocycles. The highest BCUT2D eigenvalue weighted by atomic mass is 32.2. The predicted molar refractivity (Wildman–Crippen MR) is 70.7 cm³/mol. The average molecular weight is 285 g/mol. The molecule has 1 aliphatic heterocycles. The van der Waals surface area contributed by atoms with Crippen molar-refractivity contribution in [3.63, 3.8) is 0 Å². The third-order valence-electron chi connectivity index (χ3n) is 3.28. The van der Waals surface area contributed by atoms with Crippen LogP contribution in [0.2, 0.25) is 0 Å². The summed E-state index contributed by atoms with van der Waals surface area (Å²) in [4.78, 5) is 4.14. The highest BCUT2D eigenvalue weighted by Crippen LogP contribution is 2.25. The molecule has 1 fully saturated rings. The highest BCUT2D eigenvalue weighted by Gasteiger charge is 2.35. The molecule has 0 aromatic carbocycles. The lowest BCUT2D eigenvalue weighted by atomic mass is 9.97. The van der Waals surface area contributed by atoms with Gasteiger partial charge in [-0.3, -0.25) is 4.98 Å². The van der Waals surface area contributed by atoms with E-state index in [0.29, 0.717) is 25.1 Å². The van der Waals surface area contributed by atoms with Crippen LogP contribution in [-0.2, 0) is 16.6 Å². The lowest BCUT2D eigenvalue weighted by Gasteiger charge is -2.35. The first-order valence-corrected chi connectivity index (χ1v) is 7.67. The van der Waals surface area contributed by atoms with Gasteiger partial charge in [-0.2, -0.15) is 4.31 Å². The maximum atomic E-state index is 12.4. The molecule has 2 heterocycles. The van der Waals surface area contributed by atoms with E-state index in [0.717, 1.165) is 0 Å². The number of hydrogen-bond acceptors (Lipinski definition) is 5. The first kappa shape index (κ1) is 14.4. The van der Waals surface area contributed by atoms with Crippen molar-refractivity contribution in [1.29, 1.82) is 0 Å². The van der Waals surface area contributed by atoms with Crippen molar-refractivity contribution < 1.29 is 13.5 Å². The second kappa shape index (κ2) is 5.16. The quantitative estimate of drug-likeness (QED) is 0.819. The average Bonchev–Trinajstić information content (AvgIpc) is 2.37.